The molecule has 0 spiro atoms. The fraction of sp³-hybridized carbons (Fsp3) is 0. The Morgan fingerprint density at radius 3 is 1.35 bits per heavy atom. The van der Waals surface area contributed by atoms with Gasteiger partial charge in [0.05, 0.1) is 0 Å². The van der Waals surface area contributed by atoms with Crippen LogP contribution in [-0.4, -0.2) is 14.5 Å². The molecular weight excluding hydrogens is 696 g/mol. The molecule has 2 heterocycles. The third-order valence-electron chi connectivity index (χ3n) is 10.8. The summed E-state index contributed by atoms with van der Waals surface area (Å²) in [6.07, 6.45) is 3.64. The first-order valence-electron chi connectivity index (χ1n) is 17.7. The topological polar surface area (TPSA) is 13.1 Å². The minimum atomic E-state index is 0.123. The van der Waals surface area contributed by atoms with Crippen molar-refractivity contribution in [3.63, 3.8) is 0 Å². The standard InChI is InChI=1S/C50H30OSe/c1-2-13-31(14-3-1)46-35-15-4-6-17-37(35)47(38-18-7-5-16-36(38)46)32-25-26-34-43-23-12-24-44(50(43)52-45(34)29-32)49-41-21-10-8-19-39(41)48(33-27-28-51-30-33)40-20-9-11-22-42(40)49/h1-30H. The van der Waals surface area contributed by atoms with Crippen molar-refractivity contribution >= 4 is 76.9 Å². The van der Waals surface area contributed by atoms with Gasteiger partial charge in [0.2, 0.25) is 0 Å². The van der Waals surface area contributed by atoms with Crippen molar-refractivity contribution in [3.8, 4) is 44.5 Å². The van der Waals surface area contributed by atoms with Gasteiger partial charge in [0.15, 0.2) is 0 Å². The summed E-state index contributed by atoms with van der Waals surface area (Å²) < 4.78 is 8.50. The van der Waals surface area contributed by atoms with Crippen molar-refractivity contribution in [2.75, 3.05) is 0 Å². The molecular formula is C50H30OSe. The Kier molecular flexibility index (Phi) is 6.64. The monoisotopic (exact) mass is 726 g/mol. The third-order valence-corrected chi connectivity index (χ3v) is 13.3. The number of hydrogen-bond acceptors (Lipinski definition) is 1. The Morgan fingerprint density at radius 1 is 0.327 bits per heavy atom. The van der Waals surface area contributed by atoms with Crippen LogP contribution >= 0.6 is 0 Å². The molecule has 0 fully saturated rings. The maximum absolute atomic E-state index is 5.60. The van der Waals surface area contributed by atoms with Gasteiger partial charge in [-0.1, -0.05) is 0 Å². The summed E-state index contributed by atoms with van der Waals surface area (Å²) in [5, 5.41) is 12.9. The second kappa shape index (κ2) is 11.7. The predicted molar refractivity (Wildman–Crippen MR) is 222 cm³/mol. The van der Waals surface area contributed by atoms with Gasteiger partial charge in [0.25, 0.3) is 0 Å². The van der Waals surface area contributed by atoms with E-state index in [2.05, 4.69) is 170 Å². The van der Waals surface area contributed by atoms with E-state index in [9.17, 15) is 0 Å². The second-order valence-corrected chi connectivity index (χ2v) is 15.8. The van der Waals surface area contributed by atoms with Gasteiger partial charge in [-0.05, 0) is 0 Å². The predicted octanol–water partition coefficient (Wildman–Crippen LogP) is 13.9. The van der Waals surface area contributed by atoms with Gasteiger partial charge in [-0.2, -0.15) is 0 Å². The van der Waals surface area contributed by atoms with Gasteiger partial charge in [-0.15, -0.1) is 0 Å². The Hall–Kier alpha value is -6.18. The summed E-state index contributed by atoms with van der Waals surface area (Å²) >= 11 is 0.123. The zero-order valence-electron chi connectivity index (χ0n) is 28.1. The average Bonchev–Trinajstić information content (AvgIpc) is 3.88. The van der Waals surface area contributed by atoms with Crippen molar-refractivity contribution in [1.29, 1.82) is 0 Å². The van der Waals surface area contributed by atoms with E-state index < -0.39 is 0 Å². The van der Waals surface area contributed by atoms with E-state index in [0.717, 1.165) is 5.56 Å². The molecule has 0 atom stereocenters. The maximum atomic E-state index is 5.60. The molecule has 0 aliphatic heterocycles. The first kappa shape index (κ1) is 29.5. The van der Waals surface area contributed by atoms with Gasteiger partial charge >= 0.3 is 308 Å². The van der Waals surface area contributed by atoms with Gasteiger partial charge < -0.3 is 0 Å². The normalized spacial score (nSPS) is 11.8. The molecule has 2 aromatic heterocycles. The van der Waals surface area contributed by atoms with Gasteiger partial charge in [0.1, 0.15) is 0 Å². The van der Waals surface area contributed by atoms with E-state index >= 15 is 0 Å². The number of hydrogen-bond donors (Lipinski definition) is 0. The van der Waals surface area contributed by atoms with Crippen LogP contribution < -0.4 is 0 Å². The summed E-state index contributed by atoms with van der Waals surface area (Å²) in [5.41, 5.74) is 10.1. The molecule has 242 valence electrons. The van der Waals surface area contributed by atoms with E-state index in [1.807, 2.05) is 6.26 Å². The fourth-order valence-corrected chi connectivity index (χ4v) is 11.3. The molecule has 0 amide bonds. The summed E-state index contributed by atoms with van der Waals surface area (Å²) in [6, 6.07) is 62.8. The molecule has 0 saturated carbocycles. The van der Waals surface area contributed by atoms with E-state index in [4.69, 9.17) is 4.42 Å². The number of rotatable bonds is 4. The van der Waals surface area contributed by atoms with E-state index in [1.165, 1.54) is 101 Å². The zero-order valence-corrected chi connectivity index (χ0v) is 29.9. The number of benzene rings is 9. The molecule has 1 nitrogen and oxygen atoms in total. The Morgan fingerprint density at radius 2 is 0.808 bits per heavy atom. The summed E-state index contributed by atoms with van der Waals surface area (Å²) in [5.74, 6) is 0. The summed E-state index contributed by atoms with van der Waals surface area (Å²) in [7, 11) is 0. The second-order valence-electron chi connectivity index (χ2n) is 13.6. The van der Waals surface area contributed by atoms with Crippen LogP contribution in [0.5, 0.6) is 0 Å². The molecule has 0 radical (unpaired) electrons. The molecule has 11 aromatic rings. The van der Waals surface area contributed by atoms with Crippen LogP contribution in [0.1, 0.15) is 0 Å². The Bertz CT molecular complexity index is 3050. The van der Waals surface area contributed by atoms with Crippen molar-refractivity contribution < 1.29 is 4.42 Å². The van der Waals surface area contributed by atoms with Gasteiger partial charge in [-0.25, -0.2) is 0 Å². The fourth-order valence-electron chi connectivity index (χ4n) is 8.64. The molecule has 52 heavy (non-hydrogen) atoms. The Labute approximate surface area is 306 Å². The SMILES string of the molecule is c1ccc(-c2c3ccccc3c(-c3ccc4c(c3)[se]c3c(-c5c6ccccc6c(-c6ccoc6)c6ccccc56)cccc34)c3ccccc23)cc1. The number of fused-ring (bicyclic) bond motifs is 7. The third kappa shape index (κ3) is 4.36. The average molecular weight is 726 g/mol. The van der Waals surface area contributed by atoms with Crippen LogP contribution in [-0.2, 0) is 0 Å². The van der Waals surface area contributed by atoms with Crippen molar-refractivity contribution in [2.45, 2.75) is 0 Å². The molecule has 0 saturated heterocycles. The minimum absolute atomic E-state index is 0.123. The quantitative estimate of drug-likeness (QED) is 0.130. The van der Waals surface area contributed by atoms with Crippen molar-refractivity contribution in [3.05, 3.63) is 182 Å². The van der Waals surface area contributed by atoms with Crippen LogP contribution in [0.2, 0.25) is 0 Å². The zero-order chi connectivity index (χ0) is 34.2. The first-order chi connectivity index (χ1) is 25.8. The summed E-state index contributed by atoms with van der Waals surface area (Å²) in [4.78, 5) is 0. The van der Waals surface area contributed by atoms with Gasteiger partial charge in [0, 0.05) is 0 Å². The molecule has 0 bridgehead atoms. The van der Waals surface area contributed by atoms with E-state index in [0.29, 0.717) is 0 Å². The number of furan rings is 1. The molecule has 9 aromatic carbocycles. The van der Waals surface area contributed by atoms with E-state index in [-0.39, 0.29) is 14.5 Å². The Balaban J connectivity index is 1.18. The molecule has 0 unspecified atom stereocenters. The molecule has 11 rings (SSSR count). The first-order valence-corrected chi connectivity index (χ1v) is 19.5. The van der Waals surface area contributed by atoms with Crippen LogP contribution in [0.15, 0.2) is 187 Å². The van der Waals surface area contributed by atoms with Crippen molar-refractivity contribution in [2.24, 2.45) is 0 Å². The molecule has 0 aliphatic rings. The summed E-state index contributed by atoms with van der Waals surface area (Å²) in [6.45, 7) is 0. The van der Waals surface area contributed by atoms with Gasteiger partial charge in [-0.3, -0.25) is 0 Å². The van der Waals surface area contributed by atoms with Crippen LogP contribution in [0.25, 0.3) is 107 Å². The van der Waals surface area contributed by atoms with Crippen LogP contribution in [0.3, 0.4) is 0 Å². The van der Waals surface area contributed by atoms with E-state index in [1.54, 1.807) is 6.26 Å². The van der Waals surface area contributed by atoms with Crippen molar-refractivity contribution in [1.82, 2.24) is 0 Å². The van der Waals surface area contributed by atoms with Crippen LogP contribution in [0.4, 0.5) is 0 Å². The molecule has 2 heteroatoms. The van der Waals surface area contributed by atoms with Crippen LogP contribution in [0, 0.1) is 0 Å². The molecule has 0 N–H and O–H groups in total. The molecule has 0 aliphatic carbocycles.